The maximum absolute atomic E-state index is 11.7. The molecule has 10 heteroatoms. The SMILES string of the molecule is C=C(C)C(=O)OCCC(CCCC)(CCOC(=O)C(=C)C)C(C)(C)C.CCOC(N)=O.CCOC(N)=O. The first-order chi connectivity index (χ1) is 17.0. The molecular formula is C27H50N2O8. The number of hydrogen-bond donors (Lipinski definition) is 2. The Kier molecular flexibility index (Phi) is 21.9. The largest absolute Gasteiger partial charge is 0.462 e. The van der Waals surface area contributed by atoms with Crippen LogP contribution in [0.3, 0.4) is 0 Å². The summed E-state index contributed by atoms with van der Waals surface area (Å²) >= 11 is 0. The maximum Gasteiger partial charge on any atom is 0.404 e. The Hall–Kier alpha value is -3.04. The second-order valence-corrected chi connectivity index (χ2v) is 9.47. The summed E-state index contributed by atoms with van der Waals surface area (Å²) in [7, 11) is 0. The smallest absolute Gasteiger partial charge is 0.404 e. The van der Waals surface area contributed by atoms with E-state index in [2.05, 4.69) is 61.8 Å². The van der Waals surface area contributed by atoms with Gasteiger partial charge in [0, 0.05) is 11.1 Å². The van der Waals surface area contributed by atoms with Gasteiger partial charge >= 0.3 is 24.1 Å². The van der Waals surface area contributed by atoms with Crippen LogP contribution in [0.15, 0.2) is 24.3 Å². The molecule has 0 aromatic carbocycles. The van der Waals surface area contributed by atoms with Crippen molar-refractivity contribution in [2.24, 2.45) is 22.3 Å². The molecule has 0 spiro atoms. The van der Waals surface area contributed by atoms with Gasteiger partial charge in [-0.05, 0) is 57.8 Å². The Morgan fingerprint density at radius 3 is 1.22 bits per heavy atom. The van der Waals surface area contributed by atoms with Gasteiger partial charge in [-0.3, -0.25) is 0 Å². The van der Waals surface area contributed by atoms with Crippen LogP contribution in [0.4, 0.5) is 9.59 Å². The number of hydrogen-bond acceptors (Lipinski definition) is 8. The Morgan fingerprint density at radius 1 is 0.676 bits per heavy atom. The van der Waals surface area contributed by atoms with Crippen LogP contribution in [-0.2, 0) is 28.5 Å². The normalized spacial score (nSPS) is 10.4. The van der Waals surface area contributed by atoms with Crippen molar-refractivity contribution in [2.45, 2.75) is 87.5 Å². The van der Waals surface area contributed by atoms with Gasteiger partial charge in [-0.25, -0.2) is 19.2 Å². The van der Waals surface area contributed by atoms with Crippen molar-refractivity contribution < 1.29 is 38.1 Å². The van der Waals surface area contributed by atoms with E-state index in [0.717, 1.165) is 32.1 Å². The van der Waals surface area contributed by atoms with Crippen LogP contribution >= 0.6 is 0 Å². The van der Waals surface area contributed by atoms with Gasteiger partial charge in [-0.1, -0.05) is 53.7 Å². The molecule has 0 fully saturated rings. The van der Waals surface area contributed by atoms with Crippen LogP contribution in [0.25, 0.3) is 0 Å². The predicted molar refractivity (Wildman–Crippen MR) is 145 cm³/mol. The number of unbranched alkanes of at least 4 members (excludes halogenated alkanes) is 1. The molecular weight excluding hydrogens is 480 g/mol. The van der Waals surface area contributed by atoms with E-state index in [1.54, 1.807) is 27.7 Å². The van der Waals surface area contributed by atoms with Crippen molar-refractivity contribution in [1.29, 1.82) is 0 Å². The van der Waals surface area contributed by atoms with E-state index in [0.29, 0.717) is 37.6 Å². The molecule has 4 N–H and O–H groups in total. The van der Waals surface area contributed by atoms with Crippen LogP contribution in [0.5, 0.6) is 0 Å². The van der Waals surface area contributed by atoms with Gasteiger partial charge in [0.05, 0.1) is 26.4 Å². The number of carbonyl (C=O) groups is 4. The van der Waals surface area contributed by atoms with E-state index in [-0.39, 0.29) is 22.8 Å². The Bertz CT molecular complexity index is 678. The number of ether oxygens (including phenoxy) is 4. The molecule has 0 atom stereocenters. The lowest BCUT2D eigenvalue weighted by molar-refractivity contribution is -0.142. The van der Waals surface area contributed by atoms with Gasteiger partial charge in [0.25, 0.3) is 0 Å². The summed E-state index contributed by atoms with van der Waals surface area (Å²) in [5.41, 5.74) is 9.82. The minimum absolute atomic E-state index is 0.00652. The fourth-order valence-corrected chi connectivity index (χ4v) is 3.22. The molecule has 0 saturated heterocycles. The summed E-state index contributed by atoms with van der Waals surface area (Å²) in [6.07, 6.45) is 3.23. The van der Waals surface area contributed by atoms with Crippen LogP contribution < -0.4 is 11.5 Å². The minimum atomic E-state index is -0.711. The van der Waals surface area contributed by atoms with Crippen LogP contribution in [0.1, 0.15) is 87.5 Å². The summed E-state index contributed by atoms with van der Waals surface area (Å²) in [5.74, 6) is -0.709. The van der Waals surface area contributed by atoms with Crippen molar-refractivity contribution in [3.8, 4) is 0 Å². The van der Waals surface area contributed by atoms with Gasteiger partial charge in [-0.2, -0.15) is 0 Å². The van der Waals surface area contributed by atoms with Crippen molar-refractivity contribution >= 4 is 24.1 Å². The van der Waals surface area contributed by atoms with E-state index >= 15 is 0 Å². The lowest BCUT2D eigenvalue weighted by atomic mass is 9.60. The highest BCUT2D eigenvalue weighted by molar-refractivity contribution is 5.87. The third-order valence-corrected chi connectivity index (χ3v) is 5.50. The number of amides is 2. The van der Waals surface area contributed by atoms with E-state index < -0.39 is 12.2 Å². The molecule has 0 radical (unpaired) electrons. The van der Waals surface area contributed by atoms with Gasteiger partial charge < -0.3 is 30.4 Å². The third-order valence-electron chi connectivity index (χ3n) is 5.50. The highest BCUT2D eigenvalue weighted by Crippen LogP contribution is 2.48. The number of primary amides is 2. The first-order valence-corrected chi connectivity index (χ1v) is 12.5. The topological polar surface area (TPSA) is 157 Å². The molecule has 2 amide bonds. The summed E-state index contributed by atoms with van der Waals surface area (Å²) in [6, 6.07) is 0. The molecule has 0 saturated carbocycles. The van der Waals surface area contributed by atoms with Gasteiger partial charge in [-0.15, -0.1) is 0 Å². The lowest BCUT2D eigenvalue weighted by Crippen LogP contribution is -2.38. The zero-order valence-corrected chi connectivity index (χ0v) is 24.2. The molecule has 0 aromatic heterocycles. The van der Waals surface area contributed by atoms with Crippen LogP contribution in [0, 0.1) is 10.8 Å². The number of rotatable bonds is 13. The Labute approximate surface area is 223 Å². The van der Waals surface area contributed by atoms with E-state index in [4.69, 9.17) is 9.47 Å². The molecule has 0 aliphatic heterocycles. The van der Waals surface area contributed by atoms with Crippen molar-refractivity contribution in [3.63, 3.8) is 0 Å². The third kappa shape index (κ3) is 20.8. The predicted octanol–water partition coefficient (Wildman–Crippen LogP) is 5.43. The zero-order chi connectivity index (χ0) is 29.7. The summed E-state index contributed by atoms with van der Waals surface area (Å²) in [6.45, 7) is 24.1. The summed E-state index contributed by atoms with van der Waals surface area (Å²) in [4.78, 5) is 42.5. The molecule has 0 aliphatic rings. The van der Waals surface area contributed by atoms with Crippen LogP contribution in [0.2, 0.25) is 0 Å². The maximum atomic E-state index is 11.7. The molecule has 10 nitrogen and oxygen atoms in total. The molecule has 0 unspecified atom stereocenters. The van der Waals surface area contributed by atoms with E-state index in [1.807, 2.05) is 0 Å². The molecule has 0 rings (SSSR count). The van der Waals surface area contributed by atoms with E-state index in [1.165, 1.54) is 0 Å². The van der Waals surface area contributed by atoms with E-state index in [9.17, 15) is 19.2 Å². The summed E-state index contributed by atoms with van der Waals surface area (Å²) in [5, 5.41) is 0. The fourth-order valence-electron chi connectivity index (χ4n) is 3.22. The molecule has 0 bridgehead atoms. The molecule has 0 aliphatic carbocycles. The average molecular weight is 531 g/mol. The number of esters is 2. The molecule has 216 valence electrons. The quantitative estimate of drug-likeness (QED) is 0.181. The lowest BCUT2D eigenvalue weighted by Gasteiger charge is -2.45. The highest BCUT2D eigenvalue weighted by atomic mass is 16.6. The Balaban J connectivity index is -0.000000790. The number of nitrogens with two attached hydrogens (primary N) is 2. The van der Waals surface area contributed by atoms with Crippen molar-refractivity contribution in [3.05, 3.63) is 24.3 Å². The minimum Gasteiger partial charge on any atom is -0.462 e. The average Bonchev–Trinajstić information content (AvgIpc) is 2.76. The molecule has 0 heterocycles. The second kappa shape index (κ2) is 21.1. The van der Waals surface area contributed by atoms with Gasteiger partial charge in [0.2, 0.25) is 0 Å². The first-order valence-electron chi connectivity index (χ1n) is 12.5. The standard InChI is InChI=1S/C21H36O4.2C3H7NO2/c1-9-10-11-21(20(6,7)8,12-14-24-18(22)16(2)3)13-15-25-19(23)17(4)5;2*1-2-6-3(4)5/h2,4,9-15H2,1,3,5-8H3;2*2H2,1H3,(H2,4,5). The Morgan fingerprint density at radius 2 is 1.03 bits per heavy atom. The van der Waals surface area contributed by atoms with Crippen molar-refractivity contribution in [2.75, 3.05) is 26.4 Å². The molecule has 37 heavy (non-hydrogen) atoms. The van der Waals surface area contributed by atoms with Crippen LogP contribution in [-0.4, -0.2) is 50.6 Å². The first kappa shape index (κ1) is 38.5. The number of carbonyl (C=O) groups excluding carboxylic acids is 4. The monoisotopic (exact) mass is 530 g/mol. The van der Waals surface area contributed by atoms with Crippen molar-refractivity contribution in [1.82, 2.24) is 0 Å². The zero-order valence-electron chi connectivity index (χ0n) is 24.2. The van der Waals surface area contributed by atoms with Gasteiger partial charge in [0.1, 0.15) is 0 Å². The highest BCUT2D eigenvalue weighted by Gasteiger charge is 2.41. The fraction of sp³-hybridized carbons (Fsp3) is 0.704. The second-order valence-electron chi connectivity index (χ2n) is 9.47. The van der Waals surface area contributed by atoms with Gasteiger partial charge in [0.15, 0.2) is 0 Å². The summed E-state index contributed by atoms with van der Waals surface area (Å²) < 4.78 is 19.0. The molecule has 0 aromatic rings.